The first-order chi connectivity index (χ1) is 15.4. The van der Waals surface area contributed by atoms with E-state index < -0.39 is 5.60 Å². The highest BCUT2D eigenvalue weighted by molar-refractivity contribution is 6.47. The van der Waals surface area contributed by atoms with Gasteiger partial charge in [-0.3, -0.25) is 0 Å². The molecule has 0 spiro atoms. The Hall–Kier alpha value is -3.35. The Morgan fingerprint density at radius 3 is 1.69 bits per heavy atom. The van der Waals surface area contributed by atoms with Gasteiger partial charge in [0.25, 0.3) is 0 Å². The van der Waals surface area contributed by atoms with E-state index in [-0.39, 0.29) is 6.10 Å². The lowest BCUT2D eigenvalue weighted by molar-refractivity contribution is -0.0222. The Balaban J connectivity index is 1.71. The highest BCUT2D eigenvalue weighted by atomic mass is 16.5. The number of nitrogens with zero attached hydrogens (tertiary/aromatic N) is 3. The molecule has 4 aromatic rings. The maximum atomic E-state index is 10.1. The van der Waals surface area contributed by atoms with Crippen LogP contribution in [0.3, 0.4) is 0 Å². The summed E-state index contributed by atoms with van der Waals surface area (Å²) in [6.07, 6.45) is -0.349. The predicted molar refractivity (Wildman–Crippen MR) is 128 cm³/mol. The second-order valence-electron chi connectivity index (χ2n) is 8.21. The third kappa shape index (κ3) is 5.28. The normalized spacial score (nSPS) is 12.4. The van der Waals surface area contributed by atoms with Crippen molar-refractivity contribution in [2.45, 2.75) is 32.5 Å². The number of rotatable bonds is 7. The lowest BCUT2D eigenvalue weighted by atomic mass is 9.85. The molecule has 6 heteroatoms. The van der Waals surface area contributed by atoms with Gasteiger partial charge < -0.3 is 9.76 Å². The van der Waals surface area contributed by atoms with Crippen LogP contribution in [0, 0.1) is 0 Å². The van der Waals surface area contributed by atoms with Crippen LogP contribution >= 0.6 is 0 Å². The molecule has 0 amide bonds. The van der Waals surface area contributed by atoms with Crippen molar-refractivity contribution in [2.24, 2.45) is 0 Å². The van der Waals surface area contributed by atoms with Crippen molar-refractivity contribution in [3.05, 3.63) is 84.9 Å². The van der Waals surface area contributed by atoms with Crippen LogP contribution in [0.2, 0.25) is 0 Å². The second-order valence-corrected chi connectivity index (χ2v) is 8.21. The van der Waals surface area contributed by atoms with Crippen molar-refractivity contribution >= 4 is 12.9 Å². The minimum Gasteiger partial charge on any atom is -0.429 e. The third-order valence-corrected chi connectivity index (χ3v) is 5.25. The van der Waals surface area contributed by atoms with E-state index in [0.29, 0.717) is 17.5 Å². The van der Waals surface area contributed by atoms with Gasteiger partial charge >= 0.3 is 7.48 Å². The van der Waals surface area contributed by atoms with Gasteiger partial charge in [-0.25, -0.2) is 15.0 Å². The predicted octanol–water partition coefficient (Wildman–Crippen LogP) is 4.29. The van der Waals surface area contributed by atoms with Crippen LogP contribution in [0.5, 0.6) is 0 Å². The second kappa shape index (κ2) is 9.43. The number of hydrogen-bond acceptors (Lipinski definition) is 5. The average molecular weight is 422 g/mol. The zero-order chi connectivity index (χ0) is 22.6. The van der Waals surface area contributed by atoms with E-state index in [2.05, 4.69) is 0 Å². The monoisotopic (exact) mass is 422 g/mol. The fourth-order valence-electron chi connectivity index (χ4n) is 3.04. The minimum atomic E-state index is -0.933. The first kappa shape index (κ1) is 21.9. The highest BCUT2D eigenvalue weighted by Gasteiger charge is 2.23. The van der Waals surface area contributed by atoms with Gasteiger partial charge in [0.15, 0.2) is 17.5 Å². The fraction of sp³-hybridized carbons (Fsp3) is 0.192. The molecule has 0 aliphatic carbocycles. The summed E-state index contributed by atoms with van der Waals surface area (Å²) in [5, 5.41) is 10.1. The van der Waals surface area contributed by atoms with Crippen molar-refractivity contribution in [3.63, 3.8) is 0 Å². The van der Waals surface area contributed by atoms with Crippen LogP contribution in [-0.4, -0.2) is 39.2 Å². The Labute approximate surface area is 189 Å². The molecule has 0 bridgehead atoms. The Kier molecular flexibility index (Phi) is 6.44. The van der Waals surface area contributed by atoms with Gasteiger partial charge in [-0.1, -0.05) is 90.4 Å². The quantitative estimate of drug-likeness (QED) is 0.450. The van der Waals surface area contributed by atoms with E-state index in [0.717, 1.165) is 22.2 Å². The number of hydrogen-bond donors (Lipinski definition) is 1. The smallest absolute Gasteiger partial charge is 0.330 e. The van der Waals surface area contributed by atoms with E-state index in [1.807, 2.05) is 91.9 Å². The molecule has 0 aliphatic rings. The molecule has 0 saturated carbocycles. The maximum absolute atomic E-state index is 10.1. The molecule has 3 aromatic carbocycles. The first-order valence-electron chi connectivity index (χ1n) is 10.6. The van der Waals surface area contributed by atoms with Crippen LogP contribution in [0.4, 0.5) is 0 Å². The van der Waals surface area contributed by atoms with Crippen LogP contribution in [0.1, 0.15) is 20.8 Å². The first-order valence-corrected chi connectivity index (χ1v) is 10.6. The summed E-state index contributed by atoms with van der Waals surface area (Å²) >= 11 is 0. The van der Waals surface area contributed by atoms with E-state index in [4.69, 9.17) is 19.6 Å². The number of aromatic nitrogens is 3. The molecule has 4 rings (SSSR count). The zero-order valence-electron chi connectivity index (χ0n) is 18.4. The summed E-state index contributed by atoms with van der Waals surface area (Å²) < 4.78 is 5.74. The van der Waals surface area contributed by atoms with Gasteiger partial charge in [-0.15, -0.1) is 0 Å². The largest absolute Gasteiger partial charge is 0.429 e. The standard InChI is InChI=1S/C26H25BN3O2/c1-18(26(2,3)31)32-27-22-16-10-15-21(17-22)25-29-23(19-11-6-4-7-12-19)28-24(30-25)20-13-8-5-9-14-20/h4-18,31H,1-3H3. The van der Waals surface area contributed by atoms with E-state index in [1.54, 1.807) is 21.3 Å². The Morgan fingerprint density at radius 1 is 0.719 bits per heavy atom. The molecule has 5 nitrogen and oxygen atoms in total. The Bertz CT molecular complexity index is 1120. The molecule has 1 atom stereocenters. The summed E-state index contributed by atoms with van der Waals surface area (Å²) in [5.41, 5.74) is 2.64. The molecule has 32 heavy (non-hydrogen) atoms. The number of aliphatic hydroxyl groups is 1. The van der Waals surface area contributed by atoms with Crippen molar-refractivity contribution in [1.29, 1.82) is 0 Å². The third-order valence-electron chi connectivity index (χ3n) is 5.25. The van der Waals surface area contributed by atoms with Crippen LogP contribution in [0.15, 0.2) is 84.9 Å². The Morgan fingerprint density at radius 2 is 1.19 bits per heavy atom. The lowest BCUT2D eigenvalue weighted by Gasteiger charge is -2.26. The fourth-order valence-corrected chi connectivity index (χ4v) is 3.04. The zero-order valence-corrected chi connectivity index (χ0v) is 18.4. The van der Waals surface area contributed by atoms with Gasteiger partial charge in [-0.2, -0.15) is 0 Å². The number of benzene rings is 3. The summed E-state index contributed by atoms with van der Waals surface area (Å²) in [4.78, 5) is 14.2. The van der Waals surface area contributed by atoms with Crippen LogP contribution in [-0.2, 0) is 4.65 Å². The SMILES string of the molecule is CC(O[B]c1cccc(-c2nc(-c3ccccc3)nc(-c3ccccc3)n2)c1)C(C)(C)O. The summed E-state index contributed by atoms with van der Waals surface area (Å²) in [7, 11) is 1.66. The van der Waals surface area contributed by atoms with E-state index >= 15 is 0 Å². The molecular formula is C26H25BN3O2. The van der Waals surface area contributed by atoms with Crippen molar-refractivity contribution in [2.75, 3.05) is 0 Å². The minimum absolute atomic E-state index is 0.349. The molecule has 0 aliphatic heterocycles. The average Bonchev–Trinajstić information content (AvgIpc) is 2.83. The van der Waals surface area contributed by atoms with Gasteiger partial charge in [-0.05, 0) is 20.8 Å². The molecule has 0 saturated heterocycles. The maximum Gasteiger partial charge on any atom is 0.330 e. The van der Waals surface area contributed by atoms with Crippen molar-refractivity contribution in [3.8, 4) is 34.2 Å². The molecule has 0 fully saturated rings. The highest BCUT2D eigenvalue weighted by Crippen LogP contribution is 2.24. The molecule has 159 valence electrons. The van der Waals surface area contributed by atoms with E-state index in [1.165, 1.54) is 0 Å². The van der Waals surface area contributed by atoms with Gasteiger partial charge in [0, 0.05) is 16.7 Å². The van der Waals surface area contributed by atoms with Gasteiger partial charge in [0.05, 0.1) is 11.7 Å². The van der Waals surface area contributed by atoms with Crippen LogP contribution in [0.25, 0.3) is 34.2 Å². The molecule has 1 N–H and O–H groups in total. The van der Waals surface area contributed by atoms with Gasteiger partial charge in [0.2, 0.25) is 0 Å². The topological polar surface area (TPSA) is 68.1 Å². The van der Waals surface area contributed by atoms with Crippen LogP contribution < -0.4 is 5.46 Å². The molecule has 1 radical (unpaired) electrons. The summed E-state index contributed by atoms with van der Waals surface area (Å²) in [6.45, 7) is 5.29. The lowest BCUT2D eigenvalue weighted by Crippen LogP contribution is -2.38. The van der Waals surface area contributed by atoms with Gasteiger partial charge in [0.1, 0.15) is 0 Å². The molecule has 1 unspecified atom stereocenters. The van der Waals surface area contributed by atoms with Crippen molar-refractivity contribution in [1.82, 2.24) is 15.0 Å². The molecule has 1 aromatic heterocycles. The summed E-state index contributed by atoms with van der Waals surface area (Å²) in [6, 6.07) is 27.6. The van der Waals surface area contributed by atoms with E-state index in [9.17, 15) is 5.11 Å². The summed E-state index contributed by atoms with van der Waals surface area (Å²) in [5.74, 6) is 1.83. The molecule has 1 heterocycles. The van der Waals surface area contributed by atoms with Crippen molar-refractivity contribution < 1.29 is 9.76 Å². The molecular weight excluding hydrogens is 397 g/mol.